The van der Waals surface area contributed by atoms with Crippen LogP contribution in [0.15, 0.2) is 54.3 Å². The Kier molecular flexibility index (Phi) is 3.84. The molecule has 1 fully saturated rings. The Morgan fingerprint density at radius 2 is 1.91 bits per heavy atom. The summed E-state index contributed by atoms with van der Waals surface area (Å²) < 4.78 is 0. The third-order valence-corrected chi connectivity index (χ3v) is 4.40. The molecule has 1 aromatic heterocycles. The van der Waals surface area contributed by atoms with Crippen molar-refractivity contribution in [2.75, 3.05) is 19.6 Å². The molecule has 118 valence electrons. The molecule has 5 nitrogen and oxygen atoms in total. The monoisotopic (exact) mass is 307 g/mol. The molecule has 0 saturated carbocycles. The van der Waals surface area contributed by atoms with Crippen LogP contribution < -0.4 is 10.6 Å². The zero-order valence-corrected chi connectivity index (χ0v) is 13.1. The predicted octanol–water partition coefficient (Wildman–Crippen LogP) is 2.14. The van der Waals surface area contributed by atoms with Crippen LogP contribution >= 0.6 is 0 Å². The van der Waals surface area contributed by atoms with Crippen LogP contribution in [-0.4, -0.2) is 34.5 Å². The van der Waals surface area contributed by atoms with Crippen LogP contribution in [0.25, 0.3) is 11.0 Å². The van der Waals surface area contributed by atoms with E-state index in [0.717, 1.165) is 37.2 Å². The summed E-state index contributed by atoms with van der Waals surface area (Å²) in [5, 5.41) is 6.87. The Labute approximate surface area is 136 Å². The lowest BCUT2D eigenvalue weighted by Gasteiger charge is -2.27. The fraction of sp³-hybridized carbons (Fsp3) is 0.333. The first-order valence-electron chi connectivity index (χ1n) is 8.23. The molecule has 1 aromatic carbocycles. The van der Waals surface area contributed by atoms with Gasteiger partial charge in [-0.25, -0.2) is 0 Å². The molecule has 0 radical (unpaired) electrons. The van der Waals surface area contributed by atoms with Crippen LogP contribution in [0.4, 0.5) is 0 Å². The van der Waals surface area contributed by atoms with Gasteiger partial charge < -0.3 is 15.5 Å². The third kappa shape index (κ3) is 2.99. The number of hydrogen-bond acceptors (Lipinski definition) is 5. The topological polar surface area (TPSA) is 53.1 Å². The van der Waals surface area contributed by atoms with Gasteiger partial charge in [0.05, 0.1) is 22.4 Å². The molecule has 0 unspecified atom stereocenters. The lowest BCUT2D eigenvalue weighted by Crippen LogP contribution is -2.31. The molecule has 0 spiro atoms. The maximum absolute atomic E-state index is 4.38. The molecule has 2 N–H and O–H groups in total. The molecule has 2 aliphatic rings. The molecule has 5 heteroatoms. The van der Waals surface area contributed by atoms with Gasteiger partial charge in [0.15, 0.2) is 0 Å². The molecule has 0 amide bonds. The molecular weight excluding hydrogens is 286 g/mol. The SMILES string of the molecule is C1=C(NCc2ccc3nccnc3c2)C(N2CCCC2)=CCN1. The largest absolute Gasteiger partial charge is 0.386 e. The van der Waals surface area contributed by atoms with Gasteiger partial charge >= 0.3 is 0 Å². The van der Waals surface area contributed by atoms with Gasteiger partial charge in [-0.3, -0.25) is 9.97 Å². The van der Waals surface area contributed by atoms with Gasteiger partial charge in [-0.2, -0.15) is 0 Å². The number of hydrogen-bond donors (Lipinski definition) is 2. The Bertz CT molecular complexity index is 759. The van der Waals surface area contributed by atoms with E-state index in [2.05, 4.69) is 49.9 Å². The number of benzene rings is 1. The second-order valence-corrected chi connectivity index (χ2v) is 5.98. The van der Waals surface area contributed by atoms with Gasteiger partial charge in [0, 0.05) is 44.8 Å². The predicted molar refractivity (Wildman–Crippen MR) is 91.4 cm³/mol. The van der Waals surface area contributed by atoms with E-state index in [-0.39, 0.29) is 0 Å². The highest BCUT2D eigenvalue weighted by Crippen LogP contribution is 2.21. The summed E-state index contributed by atoms with van der Waals surface area (Å²) in [6, 6.07) is 6.25. The number of nitrogens with one attached hydrogen (secondary N) is 2. The fourth-order valence-electron chi connectivity index (χ4n) is 3.22. The Morgan fingerprint density at radius 1 is 1.09 bits per heavy atom. The van der Waals surface area contributed by atoms with E-state index in [9.17, 15) is 0 Å². The van der Waals surface area contributed by atoms with Gasteiger partial charge in [-0.05, 0) is 36.6 Å². The number of likely N-dealkylation sites (tertiary alicyclic amines) is 1. The standard InChI is InChI=1S/C18H21N5/c1-2-10-23(9-1)18-5-6-19-13-17(18)22-12-14-3-4-15-16(11-14)21-8-7-20-15/h3-5,7-8,11,13,19,22H,1-2,6,9-10,12H2. The average molecular weight is 307 g/mol. The number of rotatable bonds is 4. The van der Waals surface area contributed by atoms with Crippen LogP contribution in [0.5, 0.6) is 0 Å². The van der Waals surface area contributed by atoms with Crippen molar-refractivity contribution in [3.8, 4) is 0 Å². The lowest BCUT2D eigenvalue weighted by molar-refractivity contribution is 0.421. The second kappa shape index (κ2) is 6.28. The van der Waals surface area contributed by atoms with Crippen molar-refractivity contribution in [3.63, 3.8) is 0 Å². The Hall–Kier alpha value is -2.56. The van der Waals surface area contributed by atoms with E-state index in [1.54, 1.807) is 12.4 Å². The number of fused-ring (bicyclic) bond motifs is 1. The maximum atomic E-state index is 4.38. The molecule has 0 bridgehead atoms. The minimum absolute atomic E-state index is 0.783. The minimum Gasteiger partial charge on any atom is -0.386 e. The highest BCUT2D eigenvalue weighted by Gasteiger charge is 2.19. The second-order valence-electron chi connectivity index (χ2n) is 5.98. The molecule has 23 heavy (non-hydrogen) atoms. The number of nitrogens with zero attached hydrogens (tertiary/aromatic N) is 3. The van der Waals surface area contributed by atoms with E-state index in [1.807, 2.05) is 6.07 Å². The quantitative estimate of drug-likeness (QED) is 0.906. The summed E-state index contributed by atoms with van der Waals surface area (Å²) >= 11 is 0. The van der Waals surface area contributed by atoms with Crippen molar-refractivity contribution in [1.29, 1.82) is 0 Å². The van der Waals surface area contributed by atoms with Crippen molar-refractivity contribution in [2.24, 2.45) is 0 Å². The summed E-state index contributed by atoms with van der Waals surface area (Å²) in [4.78, 5) is 11.2. The molecular formula is C18H21N5. The molecule has 2 aliphatic heterocycles. The first-order chi connectivity index (χ1) is 11.4. The van der Waals surface area contributed by atoms with Gasteiger partial charge in [0.25, 0.3) is 0 Å². The maximum Gasteiger partial charge on any atom is 0.0890 e. The zero-order chi connectivity index (χ0) is 15.5. The highest BCUT2D eigenvalue weighted by atomic mass is 15.2. The third-order valence-electron chi connectivity index (χ3n) is 4.40. The van der Waals surface area contributed by atoms with Crippen molar-refractivity contribution in [1.82, 2.24) is 25.5 Å². The first kappa shape index (κ1) is 14.1. The van der Waals surface area contributed by atoms with Crippen molar-refractivity contribution < 1.29 is 0 Å². The molecule has 2 aromatic rings. The zero-order valence-electron chi connectivity index (χ0n) is 13.1. The van der Waals surface area contributed by atoms with E-state index in [0.29, 0.717) is 0 Å². The van der Waals surface area contributed by atoms with Crippen LogP contribution in [0.3, 0.4) is 0 Å². The smallest absolute Gasteiger partial charge is 0.0890 e. The van der Waals surface area contributed by atoms with Crippen LogP contribution in [-0.2, 0) is 6.54 Å². The molecule has 0 aliphatic carbocycles. The van der Waals surface area contributed by atoms with Gasteiger partial charge in [-0.15, -0.1) is 0 Å². The summed E-state index contributed by atoms with van der Waals surface area (Å²) in [5.41, 5.74) is 5.61. The number of dihydropyridines is 1. The lowest BCUT2D eigenvalue weighted by atomic mass is 10.1. The van der Waals surface area contributed by atoms with Crippen molar-refractivity contribution in [2.45, 2.75) is 19.4 Å². The van der Waals surface area contributed by atoms with Crippen LogP contribution in [0, 0.1) is 0 Å². The fourth-order valence-corrected chi connectivity index (χ4v) is 3.22. The van der Waals surface area contributed by atoms with Crippen LogP contribution in [0.2, 0.25) is 0 Å². The summed E-state index contributed by atoms with van der Waals surface area (Å²) in [7, 11) is 0. The van der Waals surface area contributed by atoms with Crippen molar-refractivity contribution in [3.05, 3.63) is 59.8 Å². The van der Waals surface area contributed by atoms with E-state index >= 15 is 0 Å². The minimum atomic E-state index is 0.783. The summed E-state index contributed by atoms with van der Waals surface area (Å²) in [6.45, 7) is 4.01. The summed E-state index contributed by atoms with van der Waals surface area (Å²) in [6.07, 6.45) is 10.4. The molecule has 3 heterocycles. The molecule has 4 rings (SSSR count). The van der Waals surface area contributed by atoms with E-state index in [1.165, 1.54) is 29.8 Å². The highest BCUT2D eigenvalue weighted by molar-refractivity contribution is 5.74. The first-order valence-corrected chi connectivity index (χ1v) is 8.23. The van der Waals surface area contributed by atoms with Crippen molar-refractivity contribution >= 4 is 11.0 Å². The van der Waals surface area contributed by atoms with E-state index < -0.39 is 0 Å². The van der Waals surface area contributed by atoms with Gasteiger partial charge in [-0.1, -0.05) is 6.07 Å². The van der Waals surface area contributed by atoms with Gasteiger partial charge in [0.2, 0.25) is 0 Å². The Balaban J connectivity index is 1.48. The molecule has 1 saturated heterocycles. The number of aromatic nitrogens is 2. The average Bonchev–Trinajstić information content (AvgIpc) is 3.14. The van der Waals surface area contributed by atoms with Gasteiger partial charge in [0.1, 0.15) is 0 Å². The summed E-state index contributed by atoms with van der Waals surface area (Å²) in [5.74, 6) is 0. The molecule has 0 atom stereocenters. The van der Waals surface area contributed by atoms with E-state index in [4.69, 9.17) is 0 Å². The van der Waals surface area contributed by atoms with Crippen LogP contribution in [0.1, 0.15) is 18.4 Å². The normalized spacial score (nSPS) is 17.7. The Morgan fingerprint density at radius 3 is 2.78 bits per heavy atom.